The summed E-state index contributed by atoms with van der Waals surface area (Å²) in [7, 11) is 0. The van der Waals surface area contributed by atoms with Gasteiger partial charge in [0.15, 0.2) is 0 Å². The lowest BCUT2D eigenvalue weighted by Crippen LogP contribution is -2.21. The van der Waals surface area contributed by atoms with Crippen molar-refractivity contribution < 1.29 is 0 Å². The molecule has 2 aromatic carbocycles. The van der Waals surface area contributed by atoms with Crippen molar-refractivity contribution in [1.29, 1.82) is 0 Å². The molecule has 7 heteroatoms. The van der Waals surface area contributed by atoms with Crippen LogP contribution in [0, 0.1) is 6.92 Å². The molecular weight excluding hydrogens is 360 g/mol. The summed E-state index contributed by atoms with van der Waals surface area (Å²) in [6, 6.07) is 18.1. The molecule has 0 spiro atoms. The third-order valence-electron chi connectivity index (χ3n) is 4.35. The summed E-state index contributed by atoms with van der Waals surface area (Å²) < 4.78 is 0. The molecular formula is C20H23ClN6. The summed E-state index contributed by atoms with van der Waals surface area (Å²) in [5.41, 5.74) is 3.13. The Labute approximate surface area is 165 Å². The summed E-state index contributed by atoms with van der Waals surface area (Å²) in [5.74, 6) is 1.80. The Kier molecular flexibility index (Phi) is 6.08. The minimum atomic E-state index is 0. The van der Waals surface area contributed by atoms with E-state index in [1.807, 2.05) is 42.5 Å². The number of para-hydroxylation sites is 1. The van der Waals surface area contributed by atoms with Crippen LogP contribution in [0.15, 0.2) is 54.6 Å². The standard InChI is InChI=1S/C20H22N6.ClH/c1-15-9-11-17(12-10-15)22-19-23-18(21-16-7-3-2-4-8-16)24-20(25-19)26-13-5-6-14-26;/h2-4,7-12H,5-6,13-14H2,1H3,(H2,21,22,23,24,25);1H. The molecule has 27 heavy (non-hydrogen) atoms. The van der Waals surface area contributed by atoms with E-state index in [1.165, 1.54) is 18.4 Å². The molecule has 1 fully saturated rings. The van der Waals surface area contributed by atoms with Crippen molar-refractivity contribution in [2.75, 3.05) is 28.6 Å². The maximum Gasteiger partial charge on any atom is 0.233 e. The number of aryl methyl sites for hydroxylation is 1. The first-order valence-corrected chi connectivity index (χ1v) is 8.93. The number of anilines is 5. The lowest BCUT2D eigenvalue weighted by atomic mass is 10.2. The van der Waals surface area contributed by atoms with E-state index in [9.17, 15) is 0 Å². The van der Waals surface area contributed by atoms with E-state index in [0.717, 1.165) is 24.5 Å². The average Bonchev–Trinajstić information content (AvgIpc) is 3.19. The molecule has 1 saturated heterocycles. The van der Waals surface area contributed by atoms with Gasteiger partial charge in [-0.05, 0) is 44.0 Å². The first-order chi connectivity index (χ1) is 12.8. The molecule has 0 radical (unpaired) electrons. The van der Waals surface area contributed by atoms with Crippen molar-refractivity contribution >= 4 is 41.6 Å². The second kappa shape index (κ2) is 8.68. The third-order valence-corrected chi connectivity index (χ3v) is 4.35. The molecule has 0 atom stereocenters. The number of rotatable bonds is 5. The van der Waals surface area contributed by atoms with Crippen LogP contribution < -0.4 is 15.5 Å². The van der Waals surface area contributed by atoms with Crippen LogP contribution in [0.2, 0.25) is 0 Å². The van der Waals surface area contributed by atoms with Gasteiger partial charge in [0.05, 0.1) is 0 Å². The number of halogens is 1. The summed E-state index contributed by atoms with van der Waals surface area (Å²) in [6.45, 7) is 4.04. The molecule has 1 aliphatic heterocycles. The number of aromatic nitrogens is 3. The topological polar surface area (TPSA) is 66.0 Å². The molecule has 1 aliphatic rings. The Morgan fingerprint density at radius 3 is 1.89 bits per heavy atom. The van der Waals surface area contributed by atoms with E-state index >= 15 is 0 Å². The van der Waals surface area contributed by atoms with Crippen molar-refractivity contribution in [3.8, 4) is 0 Å². The average molecular weight is 383 g/mol. The van der Waals surface area contributed by atoms with Gasteiger partial charge < -0.3 is 15.5 Å². The van der Waals surface area contributed by atoms with Gasteiger partial charge in [-0.15, -0.1) is 12.4 Å². The third kappa shape index (κ3) is 4.86. The summed E-state index contributed by atoms with van der Waals surface area (Å²) in [5, 5.41) is 6.57. The van der Waals surface area contributed by atoms with E-state index in [2.05, 4.69) is 49.5 Å². The Morgan fingerprint density at radius 2 is 1.30 bits per heavy atom. The smallest absolute Gasteiger partial charge is 0.233 e. The number of benzene rings is 2. The maximum atomic E-state index is 4.63. The summed E-state index contributed by atoms with van der Waals surface area (Å²) in [6.07, 6.45) is 2.35. The molecule has 4 rings (SSSR count). The van der Waals surface area contributed by atoms with Crippen LogP contribution in [0.25, 0.3) is 0 Å². The maximum absolute atomic E-state index is 4.63. The van der Waals surface area contributed by atoms with Crippen LogP contribution in [-0.4, -0.2) is 28.0 Å². The highest BCUT2D eigenvalue weighted by atomic mass is 35.5. The minimum Gasteiger partial charge on any atom is -0.341 e. The lowest BCUT2D eigenvalue weighted by molar-refractivity contribution is 0.886. The van der Waals surface area contributed by atoms with Crippen LogP contribution in [0.5, 0.6) is 0 Å². The fraction of sp³-hybridized carbons (Fsp3) is 0.250. The molecule has 0 unspecified atom stereocenters. The molecule has 140 valence electrons. The van der Waals surface area contributed by atoms with Crippen molar-refractivity contribution in [3.63, 3.8) is 0 Å². The van der Waals surface area contributed by atoms with Crippen LogP contribution in [0.4, 0.5) is 29.2 Å². The van der Waals surface area contributed by atoms with Gasteiger partial charge in [0.1, 0.15) is 0 Å². The van der Waals surface area contributed by atoms with Crippen molar-refractivity contribution in [1.82, 2.24) is 15.0 Å². The monoisotopic (exact) mass is 382 g/mol. The molecule has 2 heterocycles. The zero-order valence-corrected chi connectivity index (χ0v) is 16.0. The number of nitrogens with zero attached hydrogens (tertiary/aromatic N) is 4. The molecule has 0 aliphatic carbocycles. The van der Waals surface area contributed by atoms with Crippen LogP contribution >= 0.6 is 12.4 Å². The van der Waals surface area contributed by atoms with Gasteiger partial charge in [0, 0.05) is 24.5 Å². The normalized spacial score (nSPS) is 13.1. The second-order valence-corrected chi connectivity index (χ2v) is 6.46. The predicted molar refractivity (Wildman–Crippen MR) is 113 cm³/mol. The number of hydrogen-bond acceptors (Lipinski definition) is 6. The highest BCUT2D eigenvalue weighted by Gasteiger charge is 2.17. The van der Waals surface area contributed by atoms with Gasteiger partial charge in [0.25, 0.3) is 0 Å². The zero-order chi connectivity index (χ0) is 17.8. The highest BCUT2D eigenvalue weighted by molar-refractivity contribution is 5.85. The largest absolute Gasteiger partial charge is 0.341 e. The minimum absolute atomic E-state index is 0. The van der Waals surface area contributed by atoms with Gasteiger partial charge in [-0.25, -0.2) is 0 Å². The van der Waals surface area contributed by atoms with Crippen LogP contribution in [0.1, 0.15) is 18.4 Å². The zero-order valence-electron chi connectivity index (χ0n) is 15.2. The van der Waals surface area contributed by atoms with E-state index in [1.54, 1.807) is 0 Å². The Morgan fingerprint density at radius 1 is 0.741 bits per heavy atom. The van der Waals surface area contributed by atoms with E-state index < -0.39 is 0 Å². The van der Waals surface area contributed by atoms with E-state index in [4.69, 9.17) is 0 Å². The van der Waals surface area contributed by atoms with Crippen LogP contribution in [0.3, 0.4) is 0 Å². The Bertz CT molecular complexity index is 863. The summed E-state index contributed by atoms with van der Waals surface area (Å²) in [4.78, 5) is 16.0. The Hall–Kier alpha value is -2.86. The van der Waals surface area contributed by atoms with Gasteiger partial charge in [-0.1, -0.05) is 35.9 Å². The van der Waals surface area contributed by atoms with Crippen molar-refractivity contribution in [3.05, 3.63) is 60.2 Å². The molecule has 1 aromatic heterocycles. The van der Waals surface area contributed by atoms with E-state index in [0.29, 0.717) is 17.8 Å². The molecule has 6 nitrogen and oxygen atoms in total. The van der Waals surface area contributed by atoms with Crippen molar-refractivity contribution in [2.45, 2.75) is 19.8 Å². The number of hydrogen-bond donors (Lipinski definition) is 2. The van der Waals surface area contributed by atoms with Crippen molar-refractivity contribution in [2.24, 2.45) is 0 Å². The molecule has 3 aromatic rings. The van der Waals surface area contributed by atoms with Gasteiger partial charge in [0.2, 0.25) is 17.8 Å². The first-order valence-electron chi connectivity index (χ1n) is 8.93. The van der Waals surface area contributed by atoms with Gasteiger partial charge in [-0.3, -0.25) is 0 Å². The molecule has 2 N–H and O–H groups in total. The fourth-order valence-corrected chi connectivity index (χ4v) is 2.95. The second-order valence-electron chi connectivity index (χ2n) is 6.46. The quantitative estimate of drug-likeness (QED) is 0.667. The molecule has 0 amide bonds. The first kappa shape index (κ1) is 18.9. The van der Waals surface area contributed by atoms with E-state index in [-0.39, 0.29) is 12.4 Å². The lowest BCUT2D eigenvalue weighted by Gasteiger charge is -2.17. The number of nitrogens with one attached hydrogen (secondary N) is 2. The summed E-state index contributed by atoms with van der Waals surface area (Å²) >= 11 is 0. The van der Waals surface area contributed by atoms with Gasteiger partial charge >= 0.3 is 0 Å². The molecule has 0 bridgehead atoms. The molecule has 0 saturated carbocycles. The predicted octanol–water partition coefficient (Wildman–Crippen LogP) is 4.69. The SMILES string of the molecule is Cc1ccc(Nc2nc(Nc3ccccc3)nc(N3CCCC3)n2)cc1.Cl. The highest BCUT2D eigenvalue weighted by Crippen LogP contribution is 2.22. The Balaban J connectivity index is 0.00000210. The fourth-order valence-electron chi connectivity index (χ4n) is 2.95. The van der Waals surface area contributed by atoms with Gasteiger partial charge in [-0.2, -0.15) is 15.0 Å². The van der Waals surface area contributed by atoms with Crippen LogP contribution in [-0.2, 0) is 0 Å².